The number of halogens is 1. The summed E-state index contributed by atoms with van der Waals surface area (Å²) < 4.78 is 22.5. The van der Waals surface area contributed by atoms with E-state index in [0.29, 0.717) is 11.2 Å². The second-order valence-corrected chi connectivity index (χ2v) is 9.00. The molecule has 0 saturated carbocycles. The Morgan fingerprint density at radius 1 is 1.11 bits per heavy atom. The highest BCUT2D eigenvalue weighted by Crippen LogP contribution is 2.38. The highest BCUT2D eigenvalue weighted by Gasteiger charge is 2.20. The Morgan fingerprint density at radius 2 is 1.84 bits per heavy atom. The van der Waals surface area contributed by atoms with E-state index >= 15 is 4.39 Å². The molecular formula is C27H26FN7O2. The number of carbonyl (C=O) groups excluding carboxylic acids is 1. The van der Waals surface area contributed by atoms with Gasteiger partial charge in [-0.05, 0) is 56.4 Å². The molecular weight excluding hydrogens is 473 g/mol. The molecule has 0 radical (unpaired) electrons. The SMILES string of the molecule is [C-]#[N+]c1c(Nc2ccc(N3CCN(C)CC3)cc2)ncnc1Oc1ccc2c(cc(C)n2C(C)=O)c1F. The monoisotopic (exact) mass is 499 g/mol. The smallest absolute Gasteiger partial charge is 0.288 e. The molecule has 2 aromatic heterocycles. The summed E-state index contributed by atoms with van der Waals surface area (Å²) in [4.78, 5) is 28.4. The second kappa shape index (κ2) is 9.87. The maximum absolute atomic E-state index is 15.3. The van der Waals surface area contributed by atoms with Gasteiger partial charge in [-0.3, -0.25) is 9.36 Å². The summed E-state index contributed by atoms with van der Waals surface area (Å²) in [5.74, 6) is -0.752. The largest absolute Gasteiger partial charge is 0.446 e. The highest BCUT2D eigenvalue weighted by molar-refractivity contribution is 5.94. The molecule has 0 atom stereocenters. The molecule has 1 saturated heterocycles. The lowest BCUT2D eigenvalue weighted by molar-refractivity contribution is 0.0939. The van der Waals surface area contributed by atoms with E-state index < -0.39 is 5.82 Å². The number of fused-ring (bicyclic) bond motifs is 1. The van der Waals surface area contributed by atoms with Gasteiger partial charge in [0.2, 0.25) is 11.8 Å². The summed E-state index contributed by atoms with van der Waals surface area (Å²) in [7, 11) is 2.12. The van der Waals surface area contributed by atoms with Crippen LogP contribution in [0.1, 0.15) is 17.4 Å². The maximum atomic E-state index is 15.3. The Balaban J connectivity index is 1.39. The van der Waals surface area contributed by atoms with Crippen LogP contribution in [0.3, 0.4) is 0 Å². The number of likely N-dealkylation sites (N-methyl/N-ethyl adjacent to an activating group) is 1. The molecule has 0 amide bonds. The number of hydrogen-bond donors (Lipinski definition) is 1. The number of anilines is 3. The lowest BCUT2D eigenvalue weighted by atomic mass is 10.2. The number of aromatic nitrogens is 3. The number of ether oxygens (including phenoxy) is 1. The number of hydrogen-bond acceptors (Lipinski definition) is 7. The molecule has 2 aromatic carbocycles. The Kier molecular flexibility index (Phi) is 6.46. The van der Waals surface area contributed by atoms with Crippen molar-refractivity contribution >= 4 is 39.7 Å². The predicted octanol–water partition coefficient (Wildman–Crippen LogP) is 5.38. The molecule has 1 N–H and O–H groups in total. The van der Waals surface area contributed by atoms with Crippen LogP contribution in [0.5, 0.6) is 11.6 Å². The average molecular weight is 500 g/mol. The molecule has 10 heteroatoms. The molecule has 0 aliphatic carbocycles. The quantitative estimate of drug-likeness (QED) is 0.370. The van der Waals surface area contributed by atoms with Crippen LogP contribution in [-0.4, -0.2) is 58.6 Å². The lowest BCUT2D eigenvalue weighted by Crippen LogP contribution is -2.44. The van der Waals surface area contributed by atoms with Crippen LogP contribution in [0.15, 0.2) is 48.8 Å². The topological polar surface area (TPSA) is 79.9 Å². The number of nitrogens with zero attached hydrogens (tertiary/aromatic N) is 6. The molecule has 1 fully saturated rings. The van der Waals surface area contributed by atoms with Crippen molar-refractivity contribution in [3.05, 3.63) is 71.7 Å². The van der Waals surface area contributed by atoms with Gasteiger partial charge >= 0.3 is 0 Å². The van der Waals surface area contributed by atoms with Crippen molar-refractivity contribution in [2.45, 2.75) is 13.8 Å². The van der Waals surface area contributed by atoms with E-state index in [1.54, 1.807) is 19.1 Å². The van der Waals surface area contributed by atoms with E-state index in [9.17, 15) is 4.79 Å². The zero-order valence-corrected chi connectivity index (χ0v) is 20.8. The summed E-state index contributed by atoms with van der Waals surface area (Å²) in [5.41, 5.74) is 2.98. The normalized spacial score (nSPS) is 14.0. The summed E-state index contributed by atoms with van der Waals surface area (Å²) in [6, 6.07) is 12.6. The average Bonchev–Trinajstić information content (AvgIpc) is 3.24. The van der Waals surface area contributed by atoms with Crippen molar-refractivity contribution < 1.29 is 13.9 Å². The fraction of sp³-hybridized carbons (Fsp3) is 0.259. The molecule has 4 aromatic rings. The summed E-state index contributed by atoms with van der Waals surface area (Å²) in [6.45, 7) is 14.8. The number of rotatable bonds is 5. The highest BCUT2D eigenvalue weighted by atomic mass is 19.1. The molecule has 0 unspecified atom stereocenters. The summed E-state index contributed by atoms with van der Waals surface area (Å²) >= 11 is 0. The first-order valence-electron chi connectivity index (χ1n) is 11.9. The molecule has 37 heavy (non-hydrogen) atoms. The minimum absolute atomic E-state index is 0.0302. The second-order valence-electron chi connectivity index (χ2n) is 9.00. The standard InChI is InChI=1S/C27H26FN7O2/c1-17-15-21-22(35(17)18(2)36)9-10-23(24(21)28)37-27-25(29-3)26(30-16-31-27)32-19-5-7-20(8-6-19)34-13-11-33(4)12-14-34/h5-10,15-16H,11-14H2,1-2,4H3,(H,30,31,32). The number of nitrogens with one attached hydrogen (secondary N) is 1. The Morgan fingerprint density at radius 3 is 2.51 bits per heavy atom. The van der Waals surface area contributed by atoms with Gasteiger partial charge in [0, 0.05) is 55.6 Å². The first-order valence-corrected chi connectivity index (χ1v) is 11.9. The van der Waals surface area contributed by atoms with Crippen molar-refractivity contribution in [2.75, 3.05) is 43.4 Å². The van der Waals surface area contributed by atoms with Crippen LogP contribution >= 0.6 is 0 Å². The van der Waals surface area contributed by atoms with Crippen LogP contribution in [0.2, 0.25) is 0 Å². The van der Waals surface area contributed by atoms with Crippen LogP contribution in [0, 0.1) is 19.3 Å². The Bertz CT molecular complexity index is 1520. The van der Waals surface area contributed by atoms with E-state index in [-0.39, 0.29) is 34.4 Å². The van der Waals surface area contributed by atoms with Crippen molar-refractivity contribution in [1.29, 1.82) is 0 Å². The number of aryl methyl sites for hydroxylation is 1. The van der Waals surface area contributed by atoms with Gasteiger partial charge in [-0.2, -0.15) is 0 Å². The van der Waals surface area contributed by atoms with E-state index in [4.69, 9.17) is 11.3 Å². The molecule has 0 bridgehead atoms. The third-order valence-electron chi connectivity index (χ3n) is 6.49. The predicted molar refractivity (Wildman–Crippen MR) is 141 cm³/mol. The van der Waals surface area contributed by atoms with Crippen molar-refractivity contribution in [2.24, 2.45) is 0 Å². The van der Waals surface area contributed by atoms with Crippen LogP contribution in [0.25, 0.3) is 15.7 Å². The molecule has 0 spiro atoms. The zero-order chi connectivity index (χ0) is 26.1. The fourth-order valence-electron chi connectivity index (χ4n) is 4.55. The van der Waals surface area contributed by atoms with Gasteiger partial charge in [0.15, 0.2) is 11.6 Å². The van der Waals surface area contributed by atoms with Crippen molar-refractivity contribution in [1.82, 2.24) is 19.4 Å². The summed E-state index contributed by atoms with van der Waals surface area (Å²) in [5, 5.41) is 3.40. The first-order chi connectivity index (χ1) is 17.9. The van der Waals surface area contributed by atoms with Crippen LogP contribution in [-0.2, 0) is 0 Å². The van der Waals surface area contributed by atoms with Crippen LogP contribution in [0.4, 0.5) is 27.3 Å². The Hall–Kier alpha value is -4.49. The number of piperazine rings is 1. The van der Waals surface area contributed by atoms with Crippen molar-refractivity contribution in [3.8, 4) is 11.6 Å². The van der Waals surface area contributed by atoms with E-state index in [0.717, 1.165) is 37.6 Å². The third-order valence-corrected chi connectivity index (χ3v) is 6.49. The van der Waals surface area contributed by atoms with Gasteiger partial charge in [-0.25, -0.2) is 19.2 Å². The molecule has 5 rings (SSSR count). The van der Waals surface area contributed by atoms with E-state index in [1.807, 2.05) is 24.3 Å². The molecule has 9 nitrogen and oxygen atoms in total. The Labute approximate surface area is 213 Å². The number of benzene rings is 2. The molecule has 3 heterocycles. The summed E-state index contributed by atoms with van der Waals surface area (Å²) in [6.07, 6.45) is 1.26. The van der Waals surface area contributed by atoms with Gasteiger partial charge < -0.3 is 19.9 Å². The lowest BCUT2D eigenvalue weighted by Gasteiger charge is -2.34. The van der Waals surface area contributed by atoms with Gasteiger partial charge in [-0.1, -0.05) is 0 Å². The van der Waals surface area contributed by atoms with E-state index in [2.05, 4.69) is 37.0 Å². The maximum Gasteiger partial charge on any atom is 0.288 e. The zero-order valence-electron chi connectivity index (χ0n) is 20.8. The molecule has 188 valence electrons. The van der Waals surface area contributed by atoms with Crippen LogP contribution < -0.4 is 15.0 Å². The minimum Gasteiger partial charge on any atom is -0.446 e. The third kappa shape index (κ3) is 4.69. The van der Waals surface area contributed by atoms with Gasteiger partial charge in [0.05, 0.1) is 12.1 Å². The number of carbonyl (C=O) groups is 1. The molecule has 1 aliphatic heterocycles. The first kappa shape index (κ1) is 24.2. The van der Waals surface area contributed by atoms with E-state index in [1.165, 1.54) is 23.9 Å². The molecule has 1 aliphatic rings. The van der Waals surface area contributed by atoms with Gasteiger partial charge in [-0.15, -0.1) is 0 Å². The fourth-order valence-corrected chi connectivity index (χ4v) is 4.55. The minimum atomic E-state index is -0.635. The van der Waals surface area contributed by atoms with Gasteiger partial charge in [0.25, 0.3) is 5.69 Å². The van der Waals surface area contributed by atoms with Crippen molar-refractivity contribution in [3.63, 3.8) is 0 Å². The van der Waals surface area contributed by atoms with Gasteiger partial charge in [0.1, 0.15) is 12.1 Å².